The molecular formula is C11H11NO3. The van der Waals surface area contributed by atoms with Crippen molar-refractivity contribution in [1.29, 1.82) is 0 Å². The van der Waals surface area contributed by atoms with Crippen LogP contribution in [0.3, 0.4) is 0 Å². The van der Waals surface area contributed by atoms with Crippen LogP contribution in [-0.2, 0) is 11.2 Å². The highest BCUT2D eigenvalue weighted by molar-refractivity contribution is 5.92. The number of aryl methyl sites for hydroxylation is 1. The van der Waals surface area contributed by atoms with Crippen LogP contribution in [0.25, 0.3) is 0 Å². The molecule has 4 heteroatoms. The lowest BCUT2D eigenvalue weighted by Crippen LogP contribution is -2.37. The lowest BCUT2D eigenvalue weighted by Gasteiger charge is -2.28. The highest BCUT2D eigenvalue weighted by Gasteiger charge is 2.37. The first kappa shape index (κ1) is 8.59. The maximum absolute atomic E-state index is 11.5. The van der Waals surface area contributed by atoms with E-state index in [9.17, 15) is 9.90 Å². The molecule has 1 amide bonds. The molecule has 1 saturated heterocycles. The Bertz CT molecular complexity index is 430. The number of carbonyl (C=O) groups excluding carboxylic acids is 1. The SMILES string of the molecule is O=C1OC[C@@H]2CCc3cc(O)ccc3N12. The van der Waals surface area contributed by atoms with Crippen molar-refractivity contribution in [3.05, 3.63) is 23.8 Å². The number of hydrogen-bond donors (Lipinski definition) is 1. The van der Waals surface area contributed by atoms with Crippen LogP contribution in [0.4, 0.5) is 10.5 Å². The van der Waals surface area contributed by atoms with Crippen molar-refractivity contribution < 1.29 is 14.6 Å². The average molecular weight is 205 g/mol. The quantitative estimate of drug-likeness (QED) is 0.700. The number of hydrogen-bond acceptors (Lipinski definition) is 3. The zero-order valence-electron chi connectivity index (χ0n) is 8.14. The van der Waals surface area contributed by atoms with Crippen molar-refractivity contribution in [3.63, 3.8) is 0 Å². The van der Waals surface area contributed by atoms with E-state index in [0.29, 0.717) is 6.61 Å². The first-order valence-electron chi connectivity index (χ1n) is 5.03. The molecule has 0 saturated carbocycles. The van der Waals surface area contributed by atoms with E-state index in [0.717, 1.165) is 24.1 Å². The Labute approximate surface area is 87.1 Å². The summed E-state index contributed by atoms with van der Waals surface area (Å²) in [7, 11) is 0. The van der Waals surface area contributed by atoms with Crippen molar-refractivity contribution >= 4 is 11.8 Å². The molecular weight excluding hydrogens is 194 g/mol. The molecule has 0 aromatic heterocycles. The molecule has 2 heterocycles. The van der Waals surface area contributed by atoms with Gasteiger partial charge in [0, 0.05) is 0 Å². The lowest BCUT2D eigenvalue weighted by atomic mass is 9.97. The van der Waals surface area contributed by atoms with E-state index in [2.05, 4.69) is 0 Å². The van der Waals surface area contributed by atoms with Crippen LogP contribution in [0.5, 0.6) is 5.75 Å². The van der Waals surface area contributed by atoms with Gasteiger partial charge in [-0.1, -0.05) is 0 Å². The summed E-state index contributed by atoms with van der Waals surface area (Å²) in [6.07, 6.45) is 1.52. The number of anilines is 1. The van der Waals surface area contributed by atoms with E-state index in [-0.39, 0.29) is 17.9 Å². The van der Waals surface area contributed by atoms with Crippen LogP contribution in [0.15, 0.2) is 18.2 Å². The van der Waals surface area contributed by atoms with Crippen molar-refractivity contribution in [2.45, 2.75) is 18.9 Å². The molecule has 2 aliphatic rings. The number of amides is 1. The second-order valence-electron chi connectivity index (χ2n) is 3.95. The van der Waals surface area contributed by atoms with Crippen LogP contribution in [0.2, 0.25) is 0 Å². The van der Waals surface area contributed by atoms with Gasteiger partial charge in [-0.3, -0.25) is 4.90 Å². The second-order valence-corrected chi connectivity index (χ2v) is 3.95. The van der Waals surface area contributed by atoms with E-state index in [1.807, 2.05) is 0 Å². The molecule has 1 aromatic carbocycles. The Morgan fingerprint density at radius 3 is 3.20 bits per heavy atom. The van der Waals surface area contributed by atoms with E-state index >= 15 is 0 Å². The van der Waals surface area contributed by atoms with E-state index in [4.69, 9.17) is 4.74 Å². The van der Waals surface area contributed by atoms with E-state index in [1.54, 1.807) is 23.1 Å². The number of carbonyl (C=O) groups is 1. The minimum atomic E-state index is -0.272. The third-order valence-corrected chi connectivity index (χ3v) is 3.03. The maximum atomic E-state index is 11.5. The number of aromatic hydroxyl groups is 1. The Morgan fingerprint density at radius 1 is 1.47 bits per heavy atom. The van der Waals surface area contributed by atoms with Gasteiger partial charge in [-0.05, 0) is 36.6 Å². The molecule has 1 fully saturated rings. The minimum absolute atomic E-state index is 0.176. The van der Waals surface area contributed by atoms with Gasteiger partial charge in [0.15, 0.2) is 0 Å². The molecule has 0 spiro atoms. The monoisotopic (exact) mass is 205 g/mol. The normalized spacial score (nSPS) is 23.3. The van der Waals surface area contributed by atoms with Gasteiger partial charge in [0.2, 0.25) is 0 Å². The van der Waals surface area contributed by atoms with Crippen molar-refractivity contribution in [1.82, 2.24) is 0 Å². The Morgan fingerprint density at radius 2 is 2.33 bits per heavy atom. The number of phenolic OH excluding ortho intramolecular Hbond substituents is 1. The number of rotatable bonds is 0. The highest BCUT2D eigenvalue weighted by Crippen LogP contribution is 2.35. The van der Waals surface area contributed by atoms with Gasteiger partial charge < -0.3 is 9.84 Å². The number of cyclic esters (lactones) is 1. The number of benzene rings is 1. The lowest BCUT2D eigenvalue weighted by molar-refractivity contribution is 0.178. The summed E-state index contributed by atoms with van der Waals surface area (Å²) in [6.45, 7) is 0.485. The van der Waals surface area contributed by atoms with Crippen LogP contribution >= 0.6 is 0 Å². The number of ether oxygens (including phenoxy) is 1. The van der Waals surface area contributed by atoms with Gasteiger partial charge in [-0.2, -0.15) is 0 Å². The van der Waals surface area contributed by atoms with Crippen molar-refractivity contribution in [2.75, 3.05) is 11.5 Å². The average Bonchev–Trinajstić information content (AvgIpc) is 2.60. The fourth-order valence-electron chi connectivity index (χ4n) is 2.30. The van der Waals surface area contributed by atoms with Gasteiger partial charge in [-0.15, -0.1) is 0 Å². The summed E-state index contributed by atoms with van der Waals surface area (Å²) in [6, 6.07) is 5.28. The molecule has 1 N–H and O–H groups in total. The third-order valence-electron chi connectivity index (χ3n) is 3.03. The second kappa shape index (κ2) is 2.89. The Hall–Kier alpha value is -1.71. The molecule has 1 aromatic rings. The van der Waals surface area contributed by atoms with Gasteiger partial charge in [-0.25, -0.2) is 4.79 Å². The molecule has 0 radical (unpaired) electrons. The summed E-state index contributed by atoms with van der Waals surface area (Å²) in [5.74, 6) is 0.250. The molecule has 4 nitrogen and oxygen atoms in total. The molecule has 0 bridgehead atoms. The minimum Gasteiger partial charge on any atom is -0.508 e. The summed E-state index contributed by atoms with van der Waals surface area (Å²) < 4.78 is 5.01. The summed E-state index contributed by atoms with van der Waals surface area (Å²) >= 11 is 0. The molecule has 0 aliphatic carbocycles. The molecule has 78 valence electrons. The maximum Gasteiger partial charge on any atom is 0.414 e. The van der Waals surface area contributed by atoms with E-state index in [1.165, 1.54) is 0 Å². The number of fused-ring (bicyclic) bond motifs is 3. The third kappa shape index (κ3) is 1.17. The number of phenols is 1. The first-order chi connectivity index (χ1) is 7.25. The van der Waals surface area contributed by atoms with E-state index < -0.39 is 0 Å². The molecule has 3 rings (SSSR count). The topological polar surface area (TPSA) is 49.8 Å². The highest BCUT2D eigenvalue weighted by atomic mass is 16.6. The van der Waals surface area contributed by atoms with Gasteiger partial charge >= 0.3 is 6.09 Å². The molecule has 0 unspecified atom stereocenters. The van der Waals surface area contributed by atoms with Gasteiger partial charge in [0.25, 0.3) is 0 Å². The van der Waals surface area contributed by atoms with Gasteiger partial charge in [0.05, 0.1) is 11.7 Å². The molecule has 15 heavy (non-hydrogen) atoms. The fourth-order valence-corrected chi connectivity index (χ4v) is 2.30. The molecule has 1 atom stereocenters. The summed E-state index contributed by atoms with van der Waals surface area (Å²) in [4.78, 5) is 13.2. The Balaban J connectivity index is 2.10. The van der Waals surface area contributed by atoms with Crippen LogP contribution < -0.4 is 4.90 Å². The Kier molecular flexibility index (Phi) is 1.65. The first-order valence-corrected chi connectivity index (χ1v) is 5.03. The van der Waals surface area contributed by atoms with Crippen LogP contribution in [0, 0.1) is 0 Å². The molecule has 2 aliphatic heterocycles. The van der Waals surface area contributed by atoms with Crippen LogP contribution in [0.1, 0.15) is 12.0 Å². The summed E-state index contributed by atoms with van der Waals surface area (Å²) in [5.41, 5.74) is 1.90. The van der Waals surface area contributed by atoms with Gasteiger partial charge in [0.1, 0.15) is 12.4 Å². The number of nitrogens with zero attached hydrogens (tertiary/aromatic N) is 1. The van der Waals surface area contributed by atoms with Crippen molar-refractivity contribution in [3.8, 4) is 5.75 Å². The predicted molar refractivity (Wildman–Crippen MR) is 54.0 cm³/mol. The van der Waals surface area contributed by atoms with Crippen LogP contribution in [-0.4, -0.2) is 23.8 Å². The largest absolute Gasteiger partial charge is 0.508 e. The summed E-state index contributed by atoms with van der Waals surface area (Å²) in [5, 5.41) is 9.36. The standard InChI is InChI=1S/C11H11NO3/c13-9-3-4-10-7(5-9)1-2-8-6-15-11(14)12(8)10/h3-5,8,13H,1-2,6H2/t8-/m0/s1. The zero-order chi connectivity index (χ0) is 10.4. The zero-order valence-corrected chi connectivity index (χ0v) is 8.14. The smallest absolute Gasteiger partial charge is 0.414 e. The fraction of sp³-hybridized carbons (Fsp3) is 0.364. The predicted octanol–water partition coefficient (Wildman–Crippen LogP) is 1.66. The van der Waals surface area contributed by atoms with Crippen molar-refractivity contribution in [2.24, 2.45) is 0 Å².